The monoisotopic (exact) mass is 229 g/mol. The zero-order chi connectivity index (χ0) is 11.5. The number of aromatic hydroxyl groups is 2. The molecule has 0 saturated carbocycles. The van der Waals surface area contributed by atoms with Crippen molar-refractivity contribution < 1.29 is 29.3 Å². The van der Waals surface area contributed by atoms with Crippen LogP contribution in [-0.2, 0) is 9.47 Å². The van der Waals surface area contributed by atoms with Gasteiger partial charge in [0.1, 0.15) is 6.10 Å². The van der Waals surface area contributed by atoms with Crippen LogP contribution in [0.1, 0.15) is 6.42 Å². The molecule has 1 saturated heterocycles. The first-order valence-electron chi connectivity index (χ1n) is 4.73. The van der Waals surface area contributed by atoms with Crippen LogP contribution in [0.5, 0.6) is 11.8 Å². The van der Waals surface area contributed by atoms with Crippen molar-refractivity contribution in [3.8, 4) is 11.8 Å². The highest BCUT2D eigenvalue weighted by atomic mass is 16.8. The summed E-state index contributed by atoms with van der Waals surface area (Å²) in [6.45, 7) is 0.872. The third-order valence-electron chi connectivity index (χ3n) is 2.11. The predicted octanol–water partition coefficient (Wildman–Crippen LogP) is 0.253. The maximum Gasteiger partial charge on any atom is 0.534 e. The van der Waals surface area contributed by atoms with E-state index in [4.69, 9.17) is 9.47 Å². The summed E-state index contributed by atoms with van der Waals surface area (Å²) in [6.07, 6.45) is -0.733. The fourth-order valence-corrected chi connectivity index (χ4v) is 1.33. The summed E-state index contributed by atoms with van der Waals surface area (Å²) in [6, 6.07) is 2.36. The van der Waals surface area contributed by atoms with Gasteiger partial charge in [0.25, 0.3) is 0 Å². The van der Waals surface area contributed by atoms with Gasteiger partial charge in [-0.15, -0.1) is 4.73 Å². The first kappa shape index (κ1) is 10.6. The number of hydrogen-bond donors (Lipinski definition) is 2. The molecule has 88 valence electrons. The predicted molar refractivity (Wildman–Crippen MR) is 50.0 cm³/mol. The van der Waals surface area contributed by atoms with Gasteiger partial charge < -0.3 is 19.7 Å². The molecule has 1 aliphatic rings. The molecule has 7 heteroatoms. The summed E-state index contributed by atoms with van der Waals surface area (Å²) in [5, 5.41) is 18.4. The van der Waals surface area contributed by atoms with Crippen molar-refractivity contribution in [1.29, 1.82) is 0 Å². The van der Waals surface area contributed by atoms with Crippen molar-refractivity contribution in [2.45, 2.75) is 12.5 Å². The zero-order valence-electron chi connectivity index (χ0n) is 8.33. The lowest BCUT2D eigenvalue weighted by Gasteiger charge is -2.10. The SMILES string of the molecule is O=C(OC1CCOC1)On1c(O)ccc1O. The van der Waals surface area contributed by atoms with Crippen LogP contribution in [0.15, 0.2) is 12.1 Å². The fourth-order valence-electron chi connectivity index (χ4n) is 1.33. The molecule has 1 aromatic rings. The van der Waals surface area contributed by atoms with E-state index in [1.165, 1.54) is 12.1 Å². The number of hydrogen-bond acceptors (Lipinski definition) is 6. The lowest BCUT2D eigenvalue weighted by atomic mass is 10.3. The van der Waals surface area contributed by atoms with Gasteiger partial charge in [0, 0.05) is 18.6 Å². The van der Waals surface area contributed by atoms with E-state index in [-0.39, 0.29) is 6.10 Å². The van der Waals surface area contributed by atoms with E-state index in [2.05, 4.69) is 4.84 Å². The minimum absolute atomic E-state index is 0.332. The number of ether oxygens (including phenoxy) is 2. The number of rotatable bonds is 2. The molecule has 1 atom stereocenters. The molecular formula is C9H11NO6. The van der Waals surface area contributed by atoms with Gasteiger partial charge in [0.05, 0.1) is 13.2 Å². The molecule has 2 N–H and O–H groups in total. The molecule has 1 unspecified atom stereocenters. The van der Waals surface area contributed by atoms with Gasteiger partial charge >= 0.3 is 6.16 Å². The quantitative estimate of drug-likeness (QED) is 0.706. The maximum atomic E-state index is 11.2. The Kier molecular flexibility index (Phi) is 2.86. The number of nitrogens with zero attached hydrogens (tertiary/aromatic N) is 1. The Labute approximate surface area is 90.7 Å². The zero-order valence-corrected chi connectivity index (χ0v) is 8.33. The molecule has 0 spiro atoms. The molecule has 7 nitrogen and oxygen atoms in total. The molecule has 1 aliphatic heterocycles. The second-order valence-corrected chi connectivity index (χ2v) is 3.29. The van der Waals surface area contributed by atoms with Gasteiger partial charge in [0.2, 0.25) is 11.8 Å². The highest BCUT2D eigenvalue weighted by molar-refractivity contribution is 5.61. The smallest absolute Gasteiger partial charge is 0.492 e. The topological polar surface area (TPSA) is 90.2 Å². The van der Waals surface area contributed by atoms with Gasteiger partial charge in [0.15, 0.2) is 0 Å². The Morgan fingerprint density at radius 1 is 1.44 bits per heavy atom. The average Bonchev–Trinajstić information content (AvgIpc) is 2.83. The average molecular weight is 229 g/mol. The third kappa shape index (κ3) is 2.19. The normalized spacial score (nSPS) is 19.6. The van der Waals surface area contributed by atoms with Crippen molar-refractivity contribution in [2.24, 2.45) is 0 Å². The van der Waals surface area contributed by atoms with Gasteiger partial charge in [-0.3, -0.25) is 4.84 Å². The van der Waals surface area contributed by atoms with Gasteiger partial charge in [-0.25, -0.2) is 4.79 Å². The van der Waals surface area contributed by atoms with Crippen molar-refractivity contribution in [3.63, 3.8) is 0 Å². The summed E-state index contributed by atoms with van der Waals surface area (Å²) < 4.78 is 10.4. The standard InChI is InChI=1S/C9H11NO6/c11-7-1-2-8(12)10(7)16-9(13)15-6-3-4-14-5-6/h1-2,6,11-12H,3-5H2. The van der Waals surface area contributed by atoms with E-state index in [9.17, 15) is 15.0 Å². The first-order chi connectivity index (χ1) is 7.66. The third-order valence-corrected chi connectivity index (χ3v) is 2.11. The molecule has 16 heavy (non-hydrogen) atoms. The summed E-state index contributed by atoms with van der Waals surface area (Å²) >= 11 is 0. The highest BCUT2D eigenvalue weighted by Gasteiger charge is 2.22. The molecule has 0 aromatic carbocycles. The largest absolute Gasteiger partial charge is 0.534 e. The van der Waals surface area contributed by atoms with E-state index in [1.807, 2.05) is 0 Å². The molecule has 0 radical (unpaired) electrons. The van der Waals surface area contributed by atoms with Crippen LogP contribution in [0.3, 0.4) is 0 Å². The maximum absolute atomic E-state index is 11.2. The highest BCUT2D eigenvalue weighted by Crippen LogP contribution is 2.19. The Morgan fingerprint density at radius 2 is 2.12 bits per heavy atom. The molecule has 1 aromatic heterocycles. The Morgan fingerprint density at radius 3 is 2.69 bits per heavy atom. The van der Waals surface area contributed by atoms with Crippen molar-refractivity contribution >= 4 is 6.16 Å². The van der Waals surface area contributed by atoms with E-state index in [0.717, 1.165) is 0 Å². The van der Waals surface area contributed by atoms with Gasteiger partial charge in [-0.1, -0.05) is 0 Å². The summed E-state index contributed by atoms with van der Waals surface area (Å²) in [5.74, 6) is -0.783. The van der Waals surface area contributed by atoms with Crippen LogP contribution in [0, 0.1) is 0 Å². The second-order valence-electron chi connectivity index (χ2n) is 3.29. The van der Waals surface area contributed by atoms with Crippen LogP contribution >= 0.6 is 0 Å². The molecule has 0 amide bonds. The van der Waals surface area contributed by atoms with E-state index < -0.39 is 17.9 Å². The summed E-state index contributed by atoms with van der Waals surface area (Å²) in [5.41, 5.74) is 0. The summed E-state index contributed by atoms with van der Waals surface area (Å²) in [7, 11) is 0. The Bertz CT molecular complexity index is 362. The molecule has 2 rings (SSSR count). The van der Waals surface area contributed by atoms with Crippen molar-refractivity contribution in [1.82, 2.24) is 4.73 Å². The Hall–Kier alpha value is -1.89. The van der Waals surface area contributed by atoms with Crippen LogP contribution in [0.4, 0.5) is 4.79 Å². The molecule has 1 fully saturated rings. The molecular weight excluding hydrogens is 218 g/mol. The molecule has 0 aliphatic carbocycles. The number of aromatic nitrogens is 1. The lowest BCUT2D eigenvalue weighted by Crippen LogP contribution is -2.25. The van der Waals surface area contributed by atoms with E-state index in [0.29, 0.717) is 24.4 Å². The van der Waals surface area contributed by atoms with Crippen LogP contribution < -0.4 is 4.84 Å². The minimum Gasteiger partial charge on any atom is -0.492 e. The Balaban J connectivity index is 1.91. The second kappa shape index (κ2) is 4.31. The number of carbonyl (C=O) groups excluding carboxylic acids is 1. The van der Waals surface area contributed by atoms with E-state index in [1.54, 1.807) is 0 Å². The first-order valence-corrected chi connectivity index (χ1v) is 4.73. The van der Waals surface area contributed by atoms with Crippen molar-refractivity contribution in [2.75, 3.05) is 13.2 Å². The molecule has 0 bridgehead atoms. The van der Waals surface area contributed by atoms with Crippen LogP contribution in [0.2, 0.25) is 0 Å². The number of carbonyl (C=O) groups is 1. The minimum atomic E-state index is -1.00. The van der Waals surface area contributed by atoms with Crippen LogP contribution in [0.25, 0.3) is 0 Å². The fraction of sp³-hybridized carbons (Fsp3) is 0.444. The summed E-state index contributed by atoms with van der Waals surface area (Å²) in [4.78, 5) is 15.8. The van der Waals surface area contributed by atoms with Crippen LogP contribution in [-0.4, -0.2) is 40.4 Å². The van der Waals surface area contributed by atoms with E-state index >= 15 is 0 Å². The van der Waals surface area contributed by atoms with Crippen molar-refractivity contribution in [3.05, 3.63) is 12.1 Å². The van der Waals surface area contributed by atoms with Gasteiger partial charge in [-0.05, 0) is 0 Å². The van der Waals surface area contributed by atoms with Gasteiger partial charge in [-0.2, -0.15) is 0 Å². The lowest BCUT2D eigenvalue weighted by molar-refractivity contribution is 0.00651. The molecule has 2 heterocycles.